The van der Waals surface area contributed by atoms with Crippen molar-refractivity contribution in [3.05, 3.63) is 59.4 Å². The van der Waals surface area contributed by atoms with Crippen molar-refractivity contribution in [3.8, 4) is 11.4 Å². The summed E-state index contributed by atoms with van der Waals surface area (Å²) in [5, 5.41) is 0.712. The molecule has 0 aliphatic carbocycles. The predicted molar refractivity (Wildman–Crippen MR) is 70.4 cm³/mol. The van der Waals surface area contributed by atoms with E-state index in [4.69, 9.17) is 11.6 Å². The lowest BCUT2D eigenvalue weighted by Crippen LogP contribution is -1.89. The molecule has 0 N–H and O–H groups in total. The van der Waals surface area contributed by atoms with Crippen molar-refractivity contribution in [2.24, 2.45) is 0 Å². The Morgan fingerprint density at radius 2 is 2.06 bits per heavy atom. The Bertz CT molecular complexity index is 686. The molecule has 2 heterocycles. The van der Waals surface area contributed by atoms with Gasteiger partial charge in [-0.25, -0.2) is 4.98 Å². The fraction of sp³-hybridized carbons (Fsp3) is 0.0714. The van der Waals surface area contributed by atoms with Crippen molar-refractivity contribution in [1.29, 1.82) is 0 Å². The van der Waals surface area contributed by atoms with E-state index in [0.29, 0.717) is 5.02 Å². The molecule has 84 valence electrons. The molecule has 2 aromatic heterocycles. The molecule has 0 atom stereocenters. The molecule has 0 saturated heterocycles. The second-order valence-electron chi connectivity index (χ2n) is 4.09. The highest BCUT2D eigenvalue weighted by Crippen LogP contribution is 2.22. The lowest BCUT2D eigenvalue weighted by Gasteiger charge is -2.03. The Labute approximate surface area is 104 Å². The van der Waals surface area contributed by atoms with E-state index in [1.54, 1.807) is 0 Å². The van der Waals surface area contributed by atoms with E-state index in [1.807, 2.05) is 35.0 Å². The van der Waals surface area contributed by atoms with Crippen LogP contribution in [-0.2, 0) is 0 Å². The van der Waals surface area contributed by atoms with E-state index >= 15 is 0 Å². The van der Waals surface area contributed by atoms with Crippen LogP contribution in [0, 0.1) is 6.92 Å². The lowest BCUT2D eigenvalue weighted by atomic mass is 10.1. The third kappa shape index (κ3) is 1.81. The van der Waals surface area contributed by atoms with Gasteiger partial charge in [-0.15, -0.1) is 0 Å². The zero-order valence-electron chi connectivity index (χ0n) is 9.39. The van der Waals surface area contributed by atoms with Crippen molar-refractivity contribution < 1.29 is 0 Å². The maximum atomic E-state index is 6.02. The van der Waals surface area contributed by atoms with Crippen LogP contribution in [0.3, 0.4) is 0 Å². The van der Waals surface area contributed by atoms with Gasteiger partial charge < -0.3 is 0 Å². The molecule has 0 fully saturated rings. The van der Waals surface area contributed by atoms with Gasteiger partial charge in [-0.1, -0.05) is 35.4 Å². The molecular formula is C14H11ClN2. The van der Waals surface area contributed by atoms with Crippen LogP contribution in [0.15, 0.2) is 48.8 Å². The second-order valence-corrected chi connectivity index (χ2v) is 4.53. The van der Waals surface area contributed by atoms with E-state index in [-0.39, 0.29) is 0 Å². The van der Waals surface area contributed by atoms with Gasteiger partial charge in [0.05, 0.1) is 16.7 Å². The van der Waals surface area contributed by atoms with Crippen LogP contribution < -0.4 is 0 Å². The largest absolute Gasteiger partial charge is 0.298 e. The lowest BCUT2D eigenvalue weighted by molar-refractivity contribution is 1.16. The number of pyridine rings is 1. The molecule has 0 unspecified atom stereocenters. The first-order chi connectivity index (χ1) is 8.24. The number of imidazole rings is 1. The zero-order valence-corrected chi connectivity index (χ0v) is 10.1. The van der Waals surface area contributed by atoms with Crippen LogP contribution in [0.5, 0.6) is 0 Å². The molecule has 17 heavy (non-hydrogen) atoms. The molecule has 0 aliphatic heterocycles. The summed E-state index contributed by atoms with van der Waals surface area (Å²) in [6, 6.07) is 12.1. The summed E-state index contributed by atoms with van der Waals surface area (Å²) in [6.45, 7) is 2.08. The average Bonchev–Trinajstić information content (AvgIpc) is 2.71. The van der Waals surface area contributed by atoms with Gasteiger partial charge in [-0.05, 0) is 25.1 Å². The molecular weight excluding hydrogens is 232 g/mol. The van der Waals surface area contributed by atoms with Crippen molar-refractivity contribution in [3.63, 3.8) is 0 Å². The minimum absolute atomic E-state index is 0.712. The van der Waals surface area contributed by atoms with Gasteiger partial charge in [-0.2, -0.15) is 0 Å². The molecule has 3 rings (SSSR count). The molecule has 3 heteroatoms. The van der Waals surface area contributed by atoms with Crippen LogP contribution in [-0.4, -0.2) is 9.38 Å². The minimum atomic E-state index is 0.712. The fourth-order valence-electron chi connectivity index (χ4n) is 1.96. The first kappa shape index (κ1) is 10.4. The minimum Gasteiger partial charge on any atom is -0.298 e. The number of aryl methyl sites for hydroxylation is 1. The maximum absolute atomic E-state index is 6.02. The number of nitrogens with zero attached hydrogens (tertiary/aromatic N) is 2. The summed E-state index contributed by atoms with van der Waals surface area (Å²) >= 11 is 6.02. The van der Waals surface area contributed by atoms with Gasteiger partial charge in [0.1, 0.15) is 5.82 Å². The predicted octanol–water partition coefficient (Wildman–Crippen LogP) is 3.96. The first-order valence-electron chi connectivity index (χ1n) is 5.44. The van der Waals surface area contributed by atoms with E-state index in [1.165, 1.54) is 5.56 Å². The molecule has 1 aromatic carbocycles. The Kier molecular flexibility index (Phi) is 2.37. The van der Waals surface area contributed by atoms with Crippen LogP contribution in [0.4, 0.5) is 0 Å². The zero-order chi connectivity index (χ0) is 11.8. The van der Waals surface area contributed by atoms with Crippen LogP contribution in [0.2, 0.25) is 5.02 Å². The smallest absolute Gasteiger partial charge is 0.144 e. The molecule has 0 radical (unpaired) electrons. The summed E-state index contributed by atoms with van der Waals surface area (Å²) in [5.41, 5.74) is 3.37. The van der Waals surface area contributed by atoms with E-state index in [2.05, 4.69) is 30.1 Å². The van der Waals surface area contributed by atoms with Crippen LogP contribution in [0.25, 0.3) is 16.9 Å². The topological polar surface area (TPSA) is 17.3 Å². The monoisotopic (exact) mass is 242 g/mol. The van der Waals surface area contributed by atoms with Gasteiger partial charge in [0, 0.05) is 11.8 Å². The molecule has 3 aromatic rings. The highest BCUT2D eigenvalue weighted by molar-refractivity contribution is 6.30. The van der Waals surface area contributed by atoms with E-state index in [0.717, 1.165) is 16.9 Å². The Balaban J connectivity index is 2.27. The number of hydrogen-bond acceptors (Lipinski definition) is 1. The number of halogens is 1. The van der Waals surface area contributed by atoms with Gasteiger partial charge >= 0.3 is 0 Å². The second kappa shape index (κ2) is 3.90. The molecule has 0 amide bonds. The van der Waals surface area contributed by atoms with Crippen molar-refractivity contribution in [2.45, 2.75) is 6.92 Å². The summed E-state index contributed by atoms with van der Waals surface area (Å²) in [4.78, 5) is 4.45. The first-order valence-corrected chi connectivity index (χ1v) is 5.81. The van der Waals surface area contributed by atoms with Crippen LogP contribution in [0.1, 0.15) is 5.56 Å². The number of aromatic nitrogens is 2. The maximum Gasteiger partial charge on any atom is 0.144 e. The van der Waals surface area contributed by atoms with E-state index in [9.17, 15) is 0 Å². The van der Waals surface area contributed by atoms with Gasteiger partial charge in [0.25, 0.3) is 0 Å². The summed E-state index contributed by atoms with van der Waals surface area (Å²) < 4.78 is 2.01. The van der Waals surface area contributed by atoms with Crippen molar-refractivity contribution in [2.75, 3.05) is 0 Å². The number of hydrogen-bond donors (Lipinski definition) is 0. The Hall–Kier alpha value is -1.80. The summed E-state index contributed by atoms with van der Waals surface area (Å²) in [5.74, 6) is 0.922. The molecule has 0 saturated carbocycles. The number of benzene rings is 1. The molecule has 0 spiro atoms. The standard InChI is InChI=1S/C14H11ClN2/c1-10-3-2-4-11(7-10)14-16-8-13-6-5-12(15)9-17(13)14/h2-9H,1H3. The van der Waals surface area contributed by atoms with Gasteiger partial charge in [0.2, 0.25) is 0 Å². The molecule has 2 nitrogen and oxygen atoms in total. The Morgan fingerprint density at radius 1 is 1.18 bits per heavy atom. The fourth-order valence-corrected chi connectivity index (χ4v) is 2.12. The normalized spacial score (nSPS) is 10.9. The third-order valence-electron chi connectivity index (χ3n) is 2.77. The third-order valence-corrected chi connectivity index (χ3v) is 2.99. The average molecular weight is 243 g/mol. The SMILES string of the molecule is Cc1cccc(-c2ncc3ccc(Cl)cn23)c1. The molecule has 0 aliphatic rings. The van der Waals surface area contributed by atoms with Gasteiger partial charge in [0.15, 0.2) is 0 Å². The van der Waals surface area contributed by atoms with Gasteiger partial charge in [-0.3, -0.25) is 4.40 Å². The summed E-state index contributed by atoms with van der Waals surface area (Å²) in [6.07, 6.45) is 3.75. The quantitative estimate of drug-likeness (QED) is 0.631. The highest BCUT2D eigenvalue weighted by atomic mass is 35.5. The van der Waals surface area contributed by atoms with Crippen LogP contribution >= 0.6 is 11.6 Å². The van der Waals surface area contributed by atoms with Crippen molar-refractivity contribution in [1.82, 2.24) is 9.38 Å². The van der Waals surface area contributed by atoms with Crippen molar-refractivity contribution >= 4 is 17.1 Å². The Morgan fingerprint density at radius 3 is 2.88 bits per heavy atom. The number of rotatable bonds is 1. The summed E-state index contributed by atoms with van der Waals surface area (Å²) in [7, 11) is 0. The highest BCUT2D eigenvalue weighted by Gasteiger charge is 2.06. The van der Waals surface area contributed by atoms with E-state index < -0.39 is 0 Å². The number of fused-ring (bicyclic) bond motifs is 1. The molecule has 0 bridgehead atoms.